The Morgan fingerprint density at radius 3 is 2.91 bits per heavy atom. The monoisotopic (exact) mass is 321 g/mol. The molecule has 7 heteroatoms. The average molecular weight is 322 g/mol. The second kappa shape index (κ2) is 7.79. The van der Waals surface area contributed by atoms with Gasteiger partial charge in [0.1, 0.15) is 6.33 Å². The van der Waals surface area contributed by atoms with E-state index >= 15 is 0 Å². The molecule has 2 N–H and O–H groups in total. The summed E-state index contributed by atoms with van der Waals surface area (Å²) in [6.45, 7) is 5.06. The molecule has 1 aromatic carbocycles. The first-order chi connectivity index (χ1) is 10.6. The molecule has 0 spiro atoms. The summed E-state index contributed by atoms with van der Waals surface area (Å²) in [6.07, 6.45) is 2.33. The van der Waals surface area contributed by atoms with E-state index in [1.165, 1.54) is 0 Å². The first-order valence-electron chi connectivity index (χ1n) is 7.24. The van der Waals surface area contributed by atoms with Crippen molar-refractivity contribution in [1.29, 1.82) is 0 Å². The maximum Gasteiger partial charge on any atom is 0.315 e. The van der Waals surface area contributed by atoms with Crippen molar-refractivity contribution in [2.24, 2.45) is 0 Å². The summed E-state index contributed by atoms with van der Waals surface area (Å²) in [5.74, 6) is 0.733. The molecular weight excluding hydrogens is 302 g/mol. The van der Waals surface area contributed by atoms with Gasteiger partial charge in [-0.25, -0.2) is 4.79 Å². The maximum absolute atomic E-state index is 11.9. The van der Waals surface area contributed by atoms with E-state index in [0.29, 0.717) is 18.0 Å². The molecule has 6 nitrogen and oxygen atoms in total. The lowest BCUT2D eigenvalue weighted by atomic mass is 10.1. The quantitative estimate of drug-likeness (QED) is 0.858. The molecule has 0 aliphatic rings. The van der Waals surface area contributed by atoms with Crippen molar-refractivity contribution in [3.63, 3.8) is 0 Å². The van der Waals surface area contributed by atoms with Gasteiger partial charge in [-0.2, -0.15) is 0 Å². The summed E-state index contributed by atoms with van der Waals surface area (Å²) in [5.41, 5.74) is 1.02. The van der Waals surface area contributed by atoms with E-state index in [1.54, 1.807) is 6.33 Å². The summed E-state index contributed by atoms with van der Waals surface area (Å²) in [5, 5.41) is 14.2. The Labute approximate surface area is 134 Å². The lowest BCUT2D eigenvalue weighted by Crippen LogP contribution is -2.41. The van der Waals surface area contributed by atoms with Crippen LogP contribution in [0.5, 0.6) is 0 Å². The Morgan fingerprint density at radius 2 is 2.18 bits per heavy atom. The van der Waals surface area contributed by atoms with Crippen molar-refractivity contribution in [3.05, 3.63) is 47.0 Å². The van der Waals surface area contributed by atoms with Gasteiger partial charge in [0, 0.05) is 17.6 Å². The molecule has 1 atom stereocenters. The van der Waals surface area contributed by atoms with Gasteiger partial charge < -0.3 is 15.2 Å². The Balaban J connectivity index is 1.80. The van der Waals surface area contributed by atoms with Crippen LogP contribution in [0.1, 0.15) is 25.2 Å². The zero-order valence-electron chi connectivity index (χ0n) is 12.7. The van der Waals surface area contributed by atoms with Crippen molar-refractivity contribution in [1.82, 2.24) is 25.4 Å². The number of amides is 2. The molecular formula is C15H20ClN5O. The molecule has 0 saturated heterocycles. The molecule has 0 saturated carbocycles. The molecule has 1 heterocycles. The summed E-state index contributed by atoms with van der Waals surface area (Å²) in [6, 6.07) is 7.38. The van der Waals surface area contributed by atoms with Crippen LogP contribution in [-0.4, -0.2) is 26.8 Å². The summed E-state index contributed by atoms with van der Waals surface area (Å²) in [4.78, 5) is 11.9. The van der Waals surface area contributed by atoms with E-state index in [4.69, 9.17) is 11.6 Å². The van der Waals surface area contributed by atoms with Gasteiger partial charge in [0.05, 0.1) is 6.54 Å². The van der Waals surface area contributed by atoms with Crippen molar-refractivity contribution < 1.29 is 4.79 Å². The van der Waals surface area contributed by atoms with Crippen molar-refractivity contribution in [2.45, 2.75) is 39.4 Å². The van der Waals surface area contributed by atoms with Crippen LogP contribution >= 0.6 is 11.6 Å². The standard InChI is InChI=1S/C15H20ClN5O/c1-3-21-10-18-20-14(21)9-17-15(22)19-11(2)8-12-6-4-5-7-13(12)16/h4-7,10-11H,3,8-9H2,1-2H3,(H2,17,19,22)/t11-/m1/s1. The summed E-state index contributed by atoms with van der Waals surface area (Å²) >= 11 is 6.12. The fourth-order valence-corrected chi connectivity index (χ4v) is 2.37. The lowest BCUT2D eigenvalue weighted by Gasteiger charge is -2.15. The average Bonchev–Trinajstić information content (AvgIpc) is 2.95. The predicted octanol–water partition coefficient (Wildman–Crippen LogP) is 2.38. The summed E-state index contributed by atoms with van der Waals surface area (Å²) in [7, 11) is 0. The number of nitrogens with one attached hydrogen (secondary N) is 2. The third-order valence-corrected chi connectivity index (χ3v) is 3.67. The Bertz CT molecular complexity index is 628. The second-order valence-corrected chi connectivity index (χ2v) is 5.46. The maximum atomic E-state index is 11.9. The number of urea groups is 1. The number of aromatic nitrogens is 3. The van der Waals surface area contributed by atoms with Crippen LogP contribution in [0.25, 0.3) is 0 Å². The van der Waals surface area contributed by atoms with Gasteiger partial charge in [0.2, 0.25) is 0 Å². The number of carbonyl (C=O) groups is 1. The van der Waals surface area contributed by atoms with Crippen LogP contribution in [0.3, 0.4) is 0 Å². The zero-order chi connectivity index (χ0) is 15.9. The van der Waals surface area contributed by atoms with Crippen LogP contribution in [0, 0.1) is 0 Å². The highest BCUT2D eigenvalue weighted by Crippen LogP contribution is 2.16. The van der Waals surface area contributed by atoms with Gasteiger partial charge in [-0.15, -0.1) is 10.2 Å². The highest BCUT2D eigenvalue weighted by Gasteiger charge is 2.11. The van der Waals surface area contributed by atoms with Crippen LogP contribution in [-0.2, 0) is 19.5 Å². The van der Waals surface area contributed by atoms with Gasteiger partial charge >= 0.3 is 6.03 Å². The number of nitrogens with zero attached hydrogens (tertiary/aromatic N) is 3. The van der Waals surface area contributed by atoms with Crippen LogP contribution in [0.2, 0.25) is 5.02 Å². The van der Waals surface area contributed by atoms with Crippen LogP contribution < -0.4 is 10.6 Å². The number of halogens is 1. The van der Waals surface area contributed by atoms with Crippen molar-refractivity contribution >= 4 is 17.6 Å². The molecule has 2 amide bonds. The number of aryl methyl sites for hydroxylation is 1. The SMILES string of the molecule is CCn1cnnc1CNC(=O)N[C@H](C)Cc1ccccc1Cl. The highest BCUT2D eigenvalue weighted by molar-refractivity contribution is 6.31. The lowest BCUT2D eigenvalue weighted by molar-refractivity contribution is 0.237. The number of rotatable bonds is 6. The van der Waals surface area contributed by atoms with Gasteiger partial charge in [-0.3, -0.25) is 0 Å². The van der Waals surface area contributed by atoms with E-state index in [0.717, 1.165) is 17.9 Å². The van der Waals surface area contributed by atoms with E-state index in [9.17, 15) is 4.79 Å². The third-order valence-electron chi connectivity index (χ3n) is 3.30. The molecule has 0 aliphatic carbocycles. The van der Waals surface area contributed by atoms with Gasteiger partial charge in [-0.05, 0) is 31.9 Å². The Hall–Kier alpha value is -2.08. The number of carbonyl (C=O) groups excluding carboxylic acids is 1. The topological polar surface area (TPSA) is 71.8 Å². The molecule has 0 unspecified atom stereocenters. The fourth-order valence-electron chi connectivity index (χ4n) is 2.16. The van der Waals surface area contributed by atoms with Gasteiger partial charge in [0.25, 0.3) is 0 Å². The minimum atomic E-state index is -0.231. The van der Waals surface area contributed by atoms with E-state index in [2.05, 4.69) is 20.8 Å². The van der Waals surface area contributed by atoms with Gasteiger partial charge in [0.15, 0.2) is 5.82 Å². The third kappa shape index (κ3) is 4.46. The summed E-state index contributed by atoms with van der Waals surface area (Å²) < 4.78 is 1.88. The number of hydrogen-bond acceptors (Lipinski definition) is 3. The van der Waals surface area contributed by atoms with Crippen molar-refractivity contribution in [2.75, 3.05) is 0 Å². The first kappa shape index (κ1) is 16.3. The molecule has 0 radical (unpaired) electrons. The molecule has 1 aromatic heterocycles. The zero-order valence-corrected chi connectivity index (χ0v) is 13.5. The largest absolute Gasteiger partial charge is 0.335 e. The number of benzene rings is 1. The molecule has 118 valence electrons. The predicted molar refractivity (Wildman–Crippen MR) is 85.7 cm³/mol. The smallest absolute Gasteiger partial charge is 0.315 e. The number of hydrogen-bond donors (Lipinski definition) is 2. The minimum absolute atomic E-state index is 0.0241. The molecule has 2 aromatic rings. The van der Waals surface area contributed by atoms with Crippen LogP contribution in [0.4, 0.5) is 4.79 Å². The van der Waals surface area contributed by atoms with Gasteiger partial charge in [-0.1, -0.05) is 29.8 Å². The fraction of sp³-hybridized carbons (Fsp3) is 0.400. The molecule has 22 heavy (non-hydrogen) atoms. The molecule has 0 aliphatic heterocycles. The van der Waals surface area contributed by atoms with E-state index in [1.807, 2.05) is 42.7 Å². The normalized spacial score (nSPS) is 12.0. The first-order valence-corrected chi connectivity index (χ1v) is 7.62. The van der Waals surface area contributed by atoms with E-state index < -0.39 is 0 Å². The molecule has 0 bridgehead atoms. The van der Waals surface area contributed by atoms with E-state index in [-0.39, 0.29) is 12.1 Å². The van der Waals surface area contributed by atoms with Crippen molar-refractivity contribution in [3.8, 4) is 0 Å². The Kier molecular flexibility index (Phi) is 5.77. The second-order valence-electron chi connectivity index (χ2n) is 5.06. The highest BCUT2D eigenvalue weighted by atomic mass is 35.5. The minimum Gasteiger partial charge on any atom is -0.335 e. The molecule has 2 rings (SSSR count). The Morgan fingerprint density at radius 1 is 1.41 bits per heavy atom. The van der Waals surface area contributed by atoms with Crippen LogP contribution in [0.15, 0.2) is 30.6 Å². The molecule has 0 fully saturated rings.